The van der Waals surface area contributed by atoms with E-state index in [2.05, 4.69) is 10.6 Å². The molecular weight excluding hydrogens is 520 g/mol. The third kappa shape index (κ3) is 8.45. The molecule has 2 aromatic rings. The van der Waals surface area contributed by atoms with Gasteiger partial charge in [-0.15, -0.1) is 0 Å². The molecular formula is C28H34N4O6S. The zero-order valence-electron chi connectivity index (χ0n) is 22.1. The van der Waals surface area contributed by atoms with E-state index in [1.54, 1.807) is 6.07 Å². The van der Waals surface area contributed by atoms with Gasteiger partial charge >= 0.3 is 0 Å². The molecule has 0 spiro atoms. The Bertz CT molecular complexity index is 1310. The van der Waals surface area contributed by atoms with Gasteiger partial charge in [0.2, 0.25) is 21.8 Å². The summed E-state index contributed by atoms with van der Waals surface area (Å²) in [5.41, 5.74) is 0.917. The van der Waals surface area contributed by atoms with Crippen LogP contribution in [0.25, 0.3) is 0 Å². The third-order valence-electron chi connectivity index (χ3n) is 6.27. The first kappa shape index (κ1) is 30.0. The van der Waals surface area contributed by atoms with Crippen molar-refractivity contribution in [2.75, 3.05) is 19.7 Å². The number of carbonyl (C=O) groups is 3. The molecule has 2 amide bonds. The number of nitrogens with one attached hydrogen (secondary N) is 2. The molecule has 0 radical (unpaired) electrons. The Balaban J connectivity index is 1.61. The highest BCUT2D eigenvalue weighted by Crippen LogP contribution is 2.22. The molecule has 0 saturated carbocycles. The summed E-state index contributed by atoms with van der Waals surface area (Å²) in [4.78, 5) is 38.5. The fourth-order valence-corrected chi connectivity index (χ4v) is 5.91. The Hall–Kier alpha value is -3.59. The van der Waals surface area contributed by atoms with Gasteiger partial charge in [-0.1, -0.05) is 56.3 Å². The van der Waals surface area contributed by atoms with Crippen LogP contribution in [0, 0.1) is 17.2 Å². The lowest BCUT2D eigenvalue weighted by atomic mass is 10.0. The molecule has 0 aliphatic carbocycles. The van der Waals surface area contributed by atoms with E-state index >= 15 is 0 Å². The van der Waals surface area contributed by atoms with Crippen LogP contribution in [0.1, 0.15) is 44.2 Å². The normalized spacial score (nSPS) is 17.2. The second-order valence-corrected chi connectivity index (χ2v) is 11.8. The number of ketones is 1. The highest BCUT2D eigenvalue weighted by molar-refractivity contribution is 7.89. The maximum atomic E-state index is 13.2. The first-order chi connectivity index (χ1) is 18.6. The molecule has 10 nitrogen and oxygen atoms in total. The standard InChI is InChI=1S/C28H34N4O6S/c1-20(2)15-24(30-27(34)19-38-18-21-9-4-3-5-10-21)28(35)31-23-12-8-14-32(17-25(23)33)39(36,37)26-13-7-6-11-22(26)16-29/h3-7,9-11,13,20,23-24H,8,12,14-15,17-19H2,1-2H3,(H,30,34)(H,31,35)/t23?,24-/m0/s1. The molecule has 0 bridgehead atoms. The average molecular weight is 555 g/mol. The fourth-order valence-electron chi connectivity index (χ4n) is 4.32. The van der Waals surface area contributed by atoms with E-state index in [9.17, 15) is 28.1 Å². The summed E-state index contributed by atoms with van der Waals surface area (Å²) in [6, 6.07) is 15.3. The molecule has 11 heteroatoms. The van der Waals surface area contributed by atoms with E-state index in [1.807, 2.05) is 50.2 Å². The van der Waals surface area contributed by atoms with Gasteiger partial charge in [0.25, 0.3) is 0 Å². The van der Waals surface area contributed by atoms with Crippen LogP contribution >= 0.6 is 0 Å². The van der Waals surface area contributed by atoms with E-state index < -0.39 is 46.2 Å². The van der Waals surface area contributed by atoms with Crippen LogP contribution in [0.15, 0.2) is 59.5 Å². The summed E-state index contributed by atoms with van der Waals surface area (Å²) in [6.07, 6.45) is 0.931. The Morgan fingerprint density at radius 1 is 1.13 bits per heavy atom. The van der Waals surface area contributed by atoms with E-state index in [4.69, 9.17) is 4.74 Å². The van der Waals surface area contributed by atoms with Gasteiger partial charge in [-0.25, -0.2) is 8.42 Å². The fraction of sp³-hybridized carbons (Fsp3) is 0.429. The highest BCUT2D eigenvalue weighted by atomic mass is 32.2. The maximum Gasteiger partial charge on any atom is 0.246 e. The number of hydrogen-bond donors (Lipinski definition) is 2. The first-order valence-electron chi connectivity index (χ1n) is 12.8. The monoisotopic (exact) mass is 554 g/mol. The van der Waals surface area contributed by atoms with E-state index in [1.165, 1.54) is 18.2 Å². The highest BCUT2D eigenvalue weighted by Gasteiger charge is 2.35. The Labute approximate surface area is 229 Å². The lowest BCUT2D eigenvalue weighted by Gasteiger charge is -2.23. The second-order valence-electron chi connectivity index (χ2n) is 9.84. The number of ether oxygens (including phenoxy) is 1. The van der Waals surface area contributed by atoms with Crippen LogP contribution in [0.5, 0.6) is 0 Å². The molecule has 39 heavy (non-hydrogen) atoms. The molecule has 1 fully saturated rings. The number of carbonyl (C=O) groups excluding carboxylic acids is 3. The summed E-state index contributed by atoms with van der Waals surface area (Å²) in [5, 5.41) is 14.7. The van der Waals surface area contributed by atoms with Gasteiger partial charge in [-0.3, -0.25) is 14.4 Å². The van der Waals surface area contributed by atoms with Crippen molar-refractivity contribution in [2.45, 2.75) is 56.7 Å². The van der Waals surface area contributed by atoms with Crippen molar-refractivity contribution >= 4 is 27.6 Å². The van der Waals surface area contributed by atoms with E-state index in [0.717, 1.165) is 9.87 Å². The molecule has 208 valence electrons. The number of hydrogen-bond acceptors (Lipinski definition) is 7. The minimum atomic E-state index is -4.08. The van der Waals surface area contributed by atoms with Crippen molar-refractivity contribution in [1.29, 1.82) is 5.26 Å². The SMILES string of the molecule is CC(C)C[C@H](NC(=O)COCc1ccccc1)C(=O)NC1CCCN(S(=O)(=O)c2ccccc2C#N)CC1=O. The van der Waals surface area contributed by atoms with Crippen molar-refractivity contribution in [3.05, 3.63) is 65.7 Å². The van der Waals surface area contributed by atoms with Crippen molar-refractivity contribution in [3.8, 4) is 6.07 Å². The quantitative estimate of drug-likeness (QED) is 0.433. The molecule has 1 saturated heterocycles. The summed E-state index contributed by atoms with van der Waals surface area (Å²) in [6.45, 7) is 3.50. The largest absolute Gasteiger partial charge is 0.367 e. The second kappa shape index (κ2) is 14.0. The van der Waals surface area contributed by atoms with Crippen LogP contribution < -0.4 is 10.6 Å². The molecule has 2 atom stereocenters. The van der Waals surface area contributed by atoms with Crippen molar-refractivity contribution in [3.63, 3.8) is 0 Å². The summed E-state index contributed by atoms with van der Waals surface area (Å²) in [7, 11) is -4.08. The lowest BCUT2D eigenvalue weighted by molar-refractivity contribution is -0.133. The smallest absolute Gasteiger partial charge is 0.246 e. The zero-order valence-corrected chi connectivity index (χ0v) is 22.9. The van der Waals surface area contributed by atoms with Gasteiger partial charge in [0, 0.05) is 6.54 Å². The van der Waals surface area contributed by atoms with Gasteiger partial charge in [-0.2, -0.15) is 9.57 Å². The zero-order chi connectivity index (χ0) is 28.4. The molecule has 1 aliphatic heterocycles. The summed E-state index contributed by atoms with van der Waals surface area (Å²) >= 11 is 0. The molecule has 0 aromatic heterocycles. The number of Topliss-reactive ketones (excluding diaryl/α,β-unsaturated/α-hetero) is 1. The van der Waals surface area contributed by atoms with E-state index in [0.29, 0.717) is 12.8 Å². The predicted octanol–water partition coefficient (Wildman–Crippen LogP) is 2.14. The first-order valence-corrected chi connectivity index (χ1v) is 14.3. The topological polar surface area (TPSA) is 146 Å². The van der Waals surface area contributed by atoms with Crippen molar-refractivity contribution in [2.24, 2.45) is 5.92 Å². The average Bonchev–Trinajstić information content (AvgIpc) is 3.10. The molecule has 1 heterocycles. The summed E-state index contributed by atoms with van der Waals surface area (Å²) in [5.74, 6) is -1.34. The number of nitriles is 1. The van der Waals surface area contributed by atoms with Crippen LogP contribution in [0.2, 0.25) is 0 Å². The molecule has 1 unspecified atom stereocenters. The van der Waals surface area contributed by atoms with Crippen molar-refractivity contribution < 1.29 is 27.5 Å². The Kier molecular flexibility index (Phi) is 10.7. The van der Waals surface area contributed by atoms with Gasteiger partial charge in [-0.05, 0) is 42.9 Å². The van der Waals surface area contributed by atoms with Crippen LogP contribution in [0.4, 0.5) is 0 Å². The number of benzene rings is 2. The third-order valence-corrected chi connectivity index (χ3v) is 8.17. The van der Waals surface area contributed by atoms with Crippen molar-refractivity contribution in [1.82, 2.24) is 14.9 Å². The minimum absolute atomic E-state index is 0.000865. The number of amides is 2. The predicted molar refractivity (Wildman–Crippen MR) is 144 cm³/mol. The van der Waals surface area contributed by atoms with Crippen LogP contribution in [-0.2, 0) is 35.8 Å². The number of rotatable bonds is 11. The van der Waals surface area contributed by atoms with E-state index in [-0.39, 0.29) is 42.6 Å². The summed E-state index contributed by atoms with van der Waals surface area (Å²) < 4.78 is 32.9. The molecule has 2 aromatic carbocycles. The van der Waals surface area contributed by atoms with Gasteiger partial charge < -0.3 is 15.4 Å². The maximum absolute atomic E-state index is 13.2. The van der Waals surface area contributed by atoms with Gasteiger partial charge in [0.15, 0.2) is 5.78 Å². The van der Waals surface area contributed by atoms with Gasteiger partial charge in [0.1, 0.15) is 18.7 Å². The number of sulfonamides is 1. The Morgan fingerprint density at radius 2 is 1.82 bits per heavy atom. The van der Waals surface area contributed by atoms with Crippen LogP contribution in [0.3, 0.4) is 0 Å². The number of nitrogens with zero attached hydrogens (tertiary/aromatic N) is 2. The lowest BCUT2D eigenvalue weighted by Crippen LogP contribution is -2.53. The van der Waals surface area contributed by atoms with Crippen LogP contribution in [-0.4, -0.2) is 62.1 Å². The molecule has 1 aliphatic rings. The Morgan fingerprint density at radius 3 is 2.51 bits per heavy atom. The van der Waals surface area contributed by atoms with Gasteiger partial charge in [0.05, 0.1) is 29.7 Å². The minimum Gasteiger partial charge on any atom is -0.367 e. The molecule has 2 N–H and O–H groups in total. The molecule has 3 rings (SSSR count).